The number of aliphatic imine (C=N–C) groups is 1. The van der Waals surface area contributed by atoms with E-state index in [1.807, 2.05) is 44.2 Å². The Morgan fingerprint density at radius 2 is 1.97 bits per heavy atom. The zero-order chi connectivity index (χ0) is 22.1. The van der Waals surface area contributed by atoms with Crippen molar-refractivity contribution in [3.05, 3.63) is 83.3 Å². The van der Waals surface area contributed by atoms with Gasteiger partial charge in [-0.1, -0.05) is 24.3 Å². The monoisotopic (exact) mass is 420 g/mol. The minimum atomic E-state index is -0.285. The van der Waals surface area contributed by atoms with Gasteiger partial charge in [0, 0.05) is 24.3 Å². The van der Waals surface area contributed by atoms with Gasteiger partial charge in [-0.15, -0.1) is 0 Å². The van der Waals surface area contributed by atoms with E-state index in [0.717, 1.165) is 29.0 Å². The summed E-state index contributed by atoms with van der Waals surface area (Å²) in [7, 11) is 1.68. The van der Waals surface area contributed by atoms with Crippen LogP contribution < -0.4 is 20.7 Å². The number of methoxy groups -OCH3 is 1. The summed E-state index contributed by atoms with van der Waals surface area (Å²) in [6.45, 7) is 5.86. The van der Waals surface area contributed by atoms with Crippen LogP contribution in [0.4, 0.5) is 5.69 Å². The quantitative estimate of drug-likeness (QED) is 0.377. The Labute approximate surface area is 182 Å². The first-order chi connectivity index (χ1) is 15.1. The van der Waals surface area contributed by atoms with E-state index in [1.165, 1.54) is 6.26 Å². The molecule has 0 fully saturated rings. The maximum atomic E-state index is 12.2. The van der Waals surface area contributed by atoms with Gasteiger partial charge in [-0.25, -0.2) is 4.99 Å². The van der Waals surface area contributed by atoms with Gasteiger partial charge in [0.1, 0.15) is 5.75 Å². The molecular weight excluding hydrogens is 392 g/mol. The largest absolute Gasteiger partial charge is 0.496 e. The number of furan rings is 1. The van der Waals surface area contributed by atoms with Crippen LogP contribution in [0.15, 0.2) is 70.3 Å². The SMILES string of the molecule is CCNC(=NCc1cccc(NC(=O)c2ccco2)c1)NCc1ccc(C)cc1OC. The molecule has 3 N–H and O–H groups in total. The summed E-state index contributed by atoms with van der Waals surface area (Å²) in [6.07, 6.45) is 1.47. The molecule has 0 saturated heterocycles. The average molecular weight is 421 g/mol. The number of carbonyl (C=O) groups is 1. The Bertz CT molecular complexity index is 1030. The van der Waals surface area contributed by atoms with Crippen molar-refractivity contribution < 1.29 is 13.9 Å². The lowest BCUT2D eigenvalue weighted by Gasteiger charge is -2.14. The molecule has 7 nitrogen and oxygen atoms in total. The molecule has 3 rings (SSSR count). The van der Waals surface area contributed by atoms with Gasteiger partial charge >= 0.3 is 0 Å². The van der Waals surface area contributed by atoms with Gasteiger partial charge < -0.3 is 25.1 Å². The van der Waals surface area contributed by atoms with E-state index in [9.17, 15) is 4.79 Å². The summed E-state index contributed by atoms with van der Waals surface area (Å²) in [5, 5.41) is 9.43. The molecule has 0 aliphatic carbocycles. The molecule has 0 radical (unpaired) electrons. The molecule has 0 atom stereocenters. The van der Waals surface area contributed by atoms with Crippen LogP contribution in [0.25, 0.3) is 0 Å². The van der Waals surface area contributed by atoms with Crippen LogP contribution in [0.1, 0.15) is 34.2 Å². The van der Waals surface area contributed by atoms with Crippen molar-refractivity contribution in [3.63, 3.8) is 0 Å². The van der Waals surface area contributed by atoms with E-state index in [1.54, 1.807) is 19.2 Å². The number of aryl methyl sites for hydroxylation is 1. The predicted molar refractivity (Wildman–Crippen MR) is 122 cm³/mol. The van der Waals surface area contributed by atoms with Gasteiger partial charge in [0.15, 0.2) is 11.7 Å². The number of nitrogens with zero attached hydrogens (tertiary/aromatic N) is 1. The van der Waals surface area contributed by atoms with Crippen molar-refractivity contribution >= 4 is 17.6 Å². The number of ether oxygens (including phenoxy) is 1. The standard InChI is InChI=1S/C24H28N4O3/c1-4-25-24(27-16-19-11-10-17(2)13-22(19)30-3)26-15-18-7-5-8-20(14-18)28-23(29)21-9-6-12-31-21/h5-14H,4,15-16H2,1-3H3,(H,28,29)(H2,25,26,27). The first-order valence-electron chi connectivity index (χ1n) is 10.2. The Morgan fingerprint density at radius 3 is 2.71 bits per heavy atom. The molecule has 2 aromatic carbocycles. The highest BCUT2D eigenvalue weighted by molar-refractivity contribution is 6.02. The molecule has 0 bridgehead atoms. The smallest absolute Gasteiger partial charge is 0.291 e. The zero-order valence-electron chi connectivity index (χ0n) is 18.1. The number of anilines is 1. The van der Waals surface area contributed by atoms with Crippen molar-refractivity contribution in [2.75, 3.05) is 19.0 Å². The van der Waals surface area contributed by atoms with E-state index in [-0.39, 0.29) is 11.7 Å². The Hall–Kier alpha value is -3.74. The number of amides is 1. The molecule has 0 spiro atoms. The average Bonchev–Trinajstić information content (AvgIpc) is 3.32. The molecule has 0 saturated carbocycles. The van der Waals surface area contributed by atoms with Crippen LogP contribution in [-0.4, -0.2) is 25.5 Å². The van der Waals surface area contributed by atoms with Gasteiger partial charge in [-0.2, -0.15) is 0 Å². The number of rotatable bonds is 8. The minimum absolute atomic E-state index is 0.272. The lowest BCUT2D eigenvalue weighted by atomic mass is 10.1. The third-order valence-corrected chi connectivity index (χ3v) is 4.58. The maximum Gasteiger partial charge on any atom is 0.291 e. The molecule has 1 aromatic heterocycles. The first kappa shape index (κ1) is 22.0. The second-order valence-electron chi connectivity index (χ2n) is 7.00. The Morgan fingerprint density at radius 1 is 1.10 bits per heavy atom. The van der Waals surface area contributed by atoms with Crippen molar-refractivity contribution in [1.82, 2.24) is 10.6 Å². The van der Waals surface area contributed by atoms with Crippen molar-refractivity contribution in [2.45, 2.75) is 26.9 Å². The Balaban J connectivity index is 1.64. The molecule has 0 unspecified atom stereocenters. The maximum absolute atomic E-state index is 12.2. The number of hydrogen-bond donors (Lipinski definition) is 3. The highest BCUT2D eigenvalue weighted by Gasteiger charge is 2.09. The fourth-order valence-electron chi connectivity index (χ4n) is 3.04. The van der Waals surface area contributed by atoms with E-state index >= 15 is 0 Å². The van der Waals surface area contributed by atoms with E-state index in [0.29, 0.717) is 24.7 Å². The van der Waals surface area contributed by atoms with Gasteiger partial charge in [-0.3, -0.25) is 4.79 Å². The van der Waals surface area contributed by atoms with Crippen LogP contribution in [0.5, 0.6) is 5.75 Å². The summed E-state index contributed by atoms with van der Waals surface area (Å²) >= 11 is 0. The summed E-state index contributed by atoms with van der Waals surface area (Å²) in [5.41, 5.74) is 3.88. The van der Waals surface area contributed by atoms with Gasteiger partial charge in [0.25, 0.3) is 5.91 Å². The fourth-order valence-corrected chi connectivity index (χ4v) is 3.04. The molecular formula is C24H28N4O3. The van der Waals surface area contributed by atoms with Crippen molar-refractivity contribution in [2.24, 2.45) is 4.99 Å². The van der Waals surface area contributed by atoms with Gasteiger partial charge in [0.05, 0.1) is 19.9 Å². The van der Waals surface area contributed by atoms with Gasteiger partial charge in [-0.05, 0) is 55.3 Å². The summed E-state index contributed by atoms with van der Waals surface area (Å²) in [5.74, 6) is 1.54. The van der Waals surface area contributed by atoms with Crippen molar-refractivity contribution in [1.29, 1.82) is 0 Å². The number of hydrogen-bond acceptors (Lipinski definition) is 4. The summed E-state index contributed by atoms with van der Waals surface area (Å²) in [4.78, 5) is 16.8. The highest BCUT2D eigenvalue weighted by Crippen LogP contribution is 2.19. The second kappa shape index (κ2) is 10.9. The third kappa shape index (κ3) is 6.37. The van der Waals surface area contributed by atoms with E-state index < -0.39 is 0 Å². The van der Waals surface area contributed by atoms with Crippen LogP contribution in [0.3, 0.4) is 0 Å². The number of carbonyl (C=O) groups excluding carboxylic acids is 1. The van der Waals surface area contributed by atoms with E-state index in [2.05, 4.69) is 33.1 Å². The van der Waals surface area contributed by atoms with Crippen LogP contribution in [0.2, 0.25) is 0 Å². The Kier molecular flexibility index (Phi) is 7.70. The molecule has 1 heterocycles. The molecule has 7 heteroatoms. The fraction of sp³-hybridized carbons (Fsp3) is 0.250. The van der Waals surface area contributed by atoms with Crippen LogP contribution in [0, 0.1) is 6.92 Å². The number of benzene rings is 2. The summed E-state index contributed by atoms with van der Waals surface area (Å²) < 4.78 is 10.6. The van der Waals surface area contributed by atoms with Crippen LogP contribution in [-0.2, 0) is 13.1 Å². The lowest BCUT2D eigenvalue weighted by Crippen LogP contribution is -2.36. The number of nitrogens with one attached hydrogen (secondary N) is 3. The zero-order valence-corrected chi connectivity index (χ0v) is 18.1. The third-order valence-electron chi connectivity index (χ3n) is 4.58. The molecule has 3 aromatic rings. The molecule has 0 aliphatic heterocycles. The van der Waals surface area contributed by atoms with Gasteiger partial charge in [0.2, 0.25) is 0 Å². The summed E-state index contributed by atoms with van der Waals surface area (Å²) in [6, 6.07) is 17.0. The minimum Gasteiger partial charge on any atom is -0.496 e. The molecule has 0 aliphatic rings. The predicted octanol–water partition coefficient (Wildman–Crippen LogP) is 4.10. The molecule has 162 valence electrons. The first-order valence-corrected chi connectivity index (χ1v) is 10.2. The lowest BCUT2D eigenvalue weighted by molar-refractivity contribution is 0.0996. The number of guanidine groups is 1. The van der Waals surface area contributed by atoms with Crippen LogP contribution >= 0.6 is 0 Å². The molecule has 1 amide bonds. The topological polar surface area (TPSA) is 87.9 Å². The van der Waals surface area contributed by atoms with E-state index in [4.69, 9.17) is 9.15 Å². The normalized spacial score (nSPS) is 11.1. The molecule has 31 heavy (non-hydrogen) atoms. The van der Waals surface area contributed by atoms with Crippen molar-refractivity contribution in [3.8, 4) is 5.75 Å². The highest BCUT2D eigenvalue weighted by atomic mass is 16.5. The second-order valence-corrected chi connectivity index (χ2v) is 7.00.